The minimum absolute atomic E-state index is 0.0806. The summed E-state index contributed by atoms with van der Waals surface area (Å²) in [5, 5.41) is 3.78. The summed E-state index contributed by atoms with van der Waals surface area (Å²) in [7, 11) is 0. The fourth-order valence-electron chi connectivity index (χ4n) is 3.53. The first-order valence-electron chi connectivity index (χ1n) is 8.08. The average Bonchev–Trinajstić information content (AvgIpc) is 2.37. The average molecular weight is 269 g/mol. The van der Waals surface area contributed by atoms with Crippen LogP contribution >= 0.6 is 0 Å². The van der Waals surface area contributed by atoms with Crippen LogP contribution in [0.5, 0.6) is 0 Å². The third-order valence-corrected chi connectivity index (χ3v) is 4.57. The summed E-state index contributed by atoms with van der Waals surface area (Å²) >= 11 is 0. The fourth-order valence-corrected chi connectivity index (χ4v) is 3.53. The monoisotopic (exact) mass is 269 g/mol. The molecular weight excluding hydrogens is 238 g/mol. The van der Waals surface area contributed by atoms with E-state index < -0.39 is 0 Å². The summed E-state index contributed by atoms with van der Waals surface area (Å²) in [5.41, 5.74) is 0.0806. The molecule has 2 fully saturated rings. The van der Waals surface area contributed by atoms with Crippen molar-refractivity contribution in [3.63, 3.8) is 0 Å². The van der Waals surface area contributed by atoms with Gasteiger partial charge in [-0.1, -0.05) is 0 Å². The van der Waals surface area contributed by atoms with Crippen molar-refractivity contribution in [2.24, 2.45) is 5.92 Å². The summed E-state index contributed by atoms with van der Waals surface area (Å²) in [4.78, 5) is 0. The van der Waals surface area contributed by atoms with E-state index in [0.717, 1.165) is 25.7 Å². The summed E-state index contributed by atoms with van der Waals surface area (Å²) in [5.74, 6) is 0.786. The number of hydrogen-bond donors (Lipinski definition) is 1. The lowest BCUT2D eigenvalue weighted by atomic mass is 9.87. The number of ether oxygens (including phenoxy) is 2. The highest BCUT2D eigenvalue weighted by Gasteiger charge is 2.29. The first-order valence-corrected chi connectivity index (χ1v) is 8.08. The van der Waals surface area contributed by atoms with Crippen LogP contribution in [0.3, 0.4) is 0 Å². The van der Waals surface area contributed by atoms with Crippen LogP contribution in [0.1, 0.15) is 59.3 Å². The van der Waals surface area contributed by atoms with E-state index in [1.807, 2.05) is 0 Å². The van der Waals surface area contributed by atoms with Crippen LogP contribution in [0.2, 0.25) is 0 Å². The Morgan fingerprint density at radius 3 is 2.53 bits per heavy atom. The molecule has 0 aromatic carbocycles. The Morgan fingerprint density at radius 2 is 1.89 bits per heavy atom. The molecule has 112 valence electrons. The maximum atomic E-state index is 5.78. The second kappa shape index (κ2) is 7.05. The van der Waals surface area contributed by atoms with Crippen LogP contribution in [0.15, 0.2) is 0 Å². The lowest BCUT2D eigenvalue weighted by molar-refractivity contribution is -0.0724. The predicted octanol–water partition coefficient (Wildman–Crippen LogP) is 3.13. The lowest BCUT2D eigenvalue weighted by Crippen LogP contribution is -2.42. The third kappa shape index (κ3) is 5.05. The molecule has 3 nitrogen and oxygen atoms in total. The van der Waals surface area contributed by atoms with Gasteiger partial charge in [-0.3, -0.25) is 0 Å². The standard InChI is InChI=1S/C16H31NO2/c1-4-18-15-7-5-14(6-8-15)17-12-13-9-10-19-16(2,3)11-13/h13-15,17H,4-12H2,1-3H3. The summed E-state index contributed by atoms with van der Waals surface area (Å²) in [6, 6.07) is 0.711. The van der Waals surface area contributed by atoms with E-state index in [0.29, 0.717) is 12.1 Å². The number of nitrogens with one attached hydrogen (secondary N) is 1. The highest BCUT2D eigenvalue weighted by atomic mass is 16.5. The fraction of sp³-hybridized carbons (Fsp3) is 1.00. The molecule has 1 heterocycles. The first kappa shape index (κ1) is 15.3. The lowest BCUT2D eigenvalue weighted by Gasteiger charge is -2.37. The van der Waals surface area contributed by atoms with Gasteiger partial charge in [-0.2, -0.15) is 0 Å². The first-order chi connectivity index (χ1) is 9.09. The molecule has 0 aromatic heterocycles. The minimum atomic E-state index is 0.0806. The van der Waals surface area contributed by atoms with Gasteiger partial charge >= 0.3 is 0 Å². The highest BCUT2D eigenvalue weighted by molar-refractivity contribution is 4.83. The minimum Gasteiger partial charge on any atom is -0.379 e. The molecule has 1 atom stereocenters. The smallest absolute Gasteiger partial charge is 0.0629 e. The molecule has 1 unspecified atom stereocenters. The Kier molecular flexibility index (Phi) is 5.67. The zero-order chi connectivity index (χ0) is 13.7. The maximum Gasteiger partial charge on any atom is 0.0629 e. The Morgan fingerprint density at radius 1 is 1.16 bits per heavy atom. The van der Waals surface area contributed by atoms with Crippen molar-refractivity contribution in [2.45, 2.75) is 77.0 Å². The van der Waals surface area contributed by atoms with E-state index >= 15 is 0 Å². The van der Waals surface area contributed by atoms with Crippen LogP contribution in [-0.4, -0.2) is 37.5 Å². The molecule has 1 saturated heterocycles. The molecule has 19 heavy (non-hydrogen) atoms. The Bertz CT molecular complexity index is 259. The second-order valence-electron chi connectivity index (χ2n) is 6.80. The van der Waals surface area contributed by atoms with Gasteiger partial charge in [0.1, 0.15) is 0 Å². The van der Waals surface area contributed by atoms with Crippen molar-refractivity contribution in [3.8, 4) is 0 Å². The number of hydrogen-bond acceptors (Lipinski definition) is 3. The molecule has 1 aliphatic carbocycles. The molecule has 0 amide bonds. The van der Waals surface area contributed by atoms with Crippen molar-refractivity contribution >= 4 is 0 Å². The Hall–Kier alpha value is -0.120. The van der Waals surface area contributed by atoms with Gasteiger partial charge < -0.3 is 14.8 Å². The van der Waals surface area contributed by atoms with Crippen LogP contribution in [0.25, 0.3) is 0 Å². The molecule has 3 heteroatoms. The van der Waals surface area contributed by atoms with Crippen LogP contribution in [-0.2, 0) is 9.47 Å². The molecule has 0 bridgehead atoms. The van der Waals surface area contributed by atoms with Gasteiger partial charge in [0.05, 0.1) is 11.7 Å². The van der Waals surface area contributed by atoms with Gasteiger partial charge in [0.25, 0.3) is 0 Å². The van der Waals surface area contributed by atoms with Crippen LogP contribution < -0.4 is 5.32 Å². The van der Waals surface area contributed by atoms with Gasteiger partial charge in [0, 0.05) is 19.3 Å². The zero-order valence-electron chi connectivity index (χ0n) is 12.9. The topological polar surface area (TPSA) is 30.5 Å². The molecule has 0 aromatic rings. The van der Waals surface area contributed by atoms with Gasteiger partial charge in [0.15, 0.2) is 0 Å². The maximum absolute atomic E-state index is 5.78. The van der Waals surface area contributed by atoms with E-state index in [9.17, 15) is 0 Å². The predicted molar refractivity (Wildman–Crippen MR) is 78.4 cm³/mol. The molecular formula is C16H31NO2. The largest absolute Gasteiger partial charge is 0.379 e. The summed E-state index contributed by atoms with van der Waals surface area (Å²) in [6.07, 6.45) is 7.92. The van der Waals surface area contributed by atoms with Gasteiger partial charge in [-0.25, -0.2) is 0 Å². The Labute approximate surface area is 118 Å². The van der Waals surface area contributed by atoms with Crippen LogP contribution in [0, 0.1) is 5.92 Å². The van der Waals surface area contributed by atoms with Crippen molar-refractivity contribution < 1.29 is 9.47 Å². The molecule has 1 aliphatic heterocycles. The van der Waals surface area contributed by atoms with E-state index in [4.69, 9.17) is 9.47 Å². The zero-order valence-corrected chi connectivity index (χ0v) is 12.9. The number of rotatable bonds is 5. The summed E-state index contributed by atoms with van der Waals surface area (Å²) in [6.45, 7) is 9.48. The van der Waals surface area contributed by atoms with Gasteiger partial charge in [-0.05, 0) is 71.8 Å². The van der Waals surface area contributed by atoms with Crippen molar-refractivity contribution in [1.29, 1.82) is 0 Å². The van der Waals surface area contributed by atoms with E-state index in [-0.39, 0.29) is 5.60 Å². The highest BCUT2D eigenvalue weighted by Crippen LogP contribution is 2.28. The second-order valence-corrected chi connectivity index (χ2v) is 6.80. The van der Waals surface area contributed by atoms with E-state index in [1.54, 1.807) is 0 Å². The third-order valence-electron chi connectivity index (χ3n) is 4.57. The normalized spacial score (nSPS) is 35.2. The summed E-state index contributed by atoms with van der Waals surface area (Å²) < 4.78 is 11.5. The molecule has 1 saturated carbocycles. The molecule has 2 aliphatic rings. The quantitative estimate of drug-likeness (QED) is 0.832. The van der Waals surface area contributed by atoms with Gasteiger partial charge in [0.2, 0.25) is 0 Å². The molecule has 2 rings (SSSR count). The van der Waals surface area contributed by atoms with Crippen molar-refractivity contribution in [1.82, 2.24) is 5.32 Å². The van der Waals surface area contributed by atoms with Gasteiger partial charge in [-0.15, -0.1) is 0 Å². The SMILES string of the molecule is CCOC1CCC(NCC2CCOC(C)(C)C2)CC1. The van der Waals surface area contributed by atoms with E-state index in [1.165, 1.54) is 38.5 Å². The van der Waals surface area contributed by atoms with E-state index in [2.05, 4.69) is 26.1 Å². The molecule has 1 N–H and O–H groups in total. The molecule has 0 radical (unpaired) electrons. The van der Waals surface area contributed by atoms with Crippen LogP contribution in [0.4, 0.5) is 0 Å². The Balaban J connectivity index is 1.64. The van der Waals surface area contributed by atoms with Crippen molar-refractivity contribution in [3.05, 3.63) is 0 Å². The molecule has 0 spiro atoms. The van der Waals surface area contributed by atoms with Crippen molar-refractivity contribution in [2.75, 3.05) is 19.8 Å².